The van der Waals surface area contributed by atoms with Crippen molar-refractivity contribution in [2.45, 2.75) is 58.4 Å². The minimum absolute atomic E-state index is 0.190. The van der Waals surface area contributed by atoms with Crippen molar-refractivity contribution in [2.24, 2.45) is 0 Å². The number of unbranched alkanes of at least 4 members (excludes halogenated alkanes) is 2. The number of piperidine rings is 1. The molecule has 0 unspecified atom stereocenters. The molecule has 0 bridgehead atoms. The van der Waals surface area contributed by atoms with Gasteiger partial charge < -0.3 is 20.4 Å². The van der Waals surface area contributed by atoms with Crippen molar-refractivity contribution in [2.75, 3.05) is 32.0 Å². The molecule has 1 saturated heterocycles. The Kier molecular flexibility index (Phi) is 6.49. The third kappa shape index (κ3) is 4.55. The minimum Gasteiger partial charge on any atom is -0.463 e. The molecule has 1 fully saturated rings. The summed E-state index contributed by atoms with van der Waals surface area (Å²) in [5.74, 6) is 0.255. The number of nitrogen functional groups attached to an aromatic ring is 1. The number of ether oxygens (including phenoxy) is 1. The summed E-state index contributed by atoms with van der Waals surface area (Å²) in [6.45, 7) is 6.77. The van der Waals surface area contributed by atoms with Gasteiger partial charge in [-0.3, -0.25) is 4.57 Å². The molecule has 0 aromatic carbocycles. The molecule has 3 heterocycles. The molecule has 3 N–H and O–H groups in total. The molecule has 144 valence electrons. The van der Waals surface area contributed by atoms with E-state index >= 15 is 0 Å². The molecule has 0 spiro atoms. The van der Waals surface area contributed by atoms with Gasteiger partial charge in [-0.1, -0.05) is 19.8 Å². The average molecular weight is 362 g/mol. The highest BCUT2D eigenvalue weighted by Gasteiger charge is 2.15. The maximum atomic E-state index is 12.3. The number of rotatable bonds is 9. The second kappa shape index (κ2) is 9.02. The fraction of sp³-hybridized carbons (Fsp3) is 0.722. The predicted octanol–water partition coefficient (Wildman–Crippen LogP) is 2.15. The van der Waals surface area contributed by atoms with Crippen LogP contribution in [0.4, 0.5) is 5.82 Å². The van der Waals surface area contributed by atoms with Crippen molar-refractivity contribution in [1.82, 2.24) is 24.4 Å². The maximum Gasteiger partial charge on any atom is 0.327 e. The Balaban J connectivity index is 1.64. The molecule has 0 saturated carbocycles. The molecule has 0 amide bonds. The lowest BCUT2D eigenvalue weighted by atomic mass is 10.1. The summed E-state index contributed by atoms with van der Waals surface area (Å²) in [7, 11) is 0. The van der Waals surface area contributed by atoms with Gasteiger partial charge in [0.1, 0.15) is 5.52 Å². The number of aryl methyl sites for hydroxylation is 1. The SMILES string of the molecule is CCCCOc1nc(N)c2[nH]c(=O)n(CCCCN3CCCCC3)c2n1. The lowest BCUT2D eigenvalue weighted by Gasteiger charge is -2.26. The number of imidazole rings is 1. The molecule has 8 nitrogen and oxygen atoms in total. The van der Waals surface area contributed by atoms with E-state index < -0.39 is 0 Å². The summed E-state index contributed by atoms with van der Waals surface area (Å²) in [6.07, 6.45) is 7.92. The van der Waals surface area contributed by atoms with Gasteiger partial charge in [0, 0.05) is 6.54 Å². The molecule has 1 aliphatic rings. The van der Waals surface area contributed by atoms with Crippen LogP contribution >= 0.6 is 0 Å². The molecule has 2 aromatic heterocycles. The number of fused-ring (bicyclic) bond motifs is 1. The molecule has 26 heavy (non-hydrogen) atoms. The summed E-state index contributed by atoms with van der Waals surface area (Å²) in [6, 6.07) is 0.240. The average Bonchev–Trinajstić information content (AvgIpc) is 2.96. The van der Waals surface area contributed by atoms with Crippen LogP contribution < -0.4 is 16.2 Å². The Hall–Kier alpha value is -2.09. The van der Waals surface area contributed by atoms with Crippen LogP contribution in [-0.2, 0) is 6.54 Å². The zero-order valence-corrected chi connectivity index (χ0v) is 15.7. The van der Waals surface area contributed by atoms with E-state index in [0.717, 1.165) is 32.2 Å². The van der Waals surface area contributed by atoms with Gasteiger partial charge >= 0.3 is 11.7 Å². The summed E-state index contributed by atoms with van der Waals surface area (Å²) >= 11 is 0. The highest BCUT2D eigenvalue weighted by atomic mass is 16.5. The molecule has 0 radical (unpaired) electrons. The van der Waals surface area contributed by atoms with Crippen LogP contribution in [0.3, 0.4) is 0 Å². The van der Waals surface area contributed by atoms with Crippen LogP contribution in [0.2, 0.25) is 0 Å². The van der Waals surface area contributed by atoms with Crippen molar-refractivity contribution in [3.05, 3.63) is 10.5 Å². The quantitative estimate of drug-likeness (QED) is 0.663. The zero-order chi connectivity index (χ0) is 18.4. The summed E-state index contributed by atoms with van der Waals surface area (Å²) in [4.78, 5) is 26.1. The number of nitrogens with one attached hydrogen (secondary N) is 1. The molecule has 3 rings (SSSR count). The Bertz CT molecular complexity index is 763. The number of nitrogens with two attached hydrogens (primary N) is 1. The van der Waals surface area contributed by atoms with E-state index in [2.05, 4.69) is 26.8 Å². The van der Waals surface area contributed by atoms with E-state index in [4.69, 9.17) is 10.5 Å². The fourth-order valence-corrected chi connectivity index (χ4v) is 3.40. The van der Waals surface area contributed by atoms with Crippen LogP contribution in [0.25, 0.3) is 11.2 Å². The van der Waals surface area contributed by atoms with Crippen molar-refractivity contribution in [3.8, 4) is 6.01 Å². The maximum absolute atomic E-state index is 12.3. The van der Waals surface area contributed by atoms with Crippen molar-refractivity contribution < 1.29 is 4.74 Å². The number of hydrogen-bond acceptors (Lipinski definition) is 6. The standard InChI is InChI=1S/C18H30N6O2/c1-2-3-13-26-17-21-15(19)14-16(22-17)24(18(25)20-14)12-8-7-11-23-9-5-4-6-10-23/h2-13H2,1H3,(H,20,25)(H2,19,21,22). The van der Waals surface area contributed by atoms with Gasteiger partial charge in [-0.15, -0.1) is 0 Å². The van der Waals surface area contributed by atoms with Crippen molar-refractivity contribution in [1.29, 1.82) is 0 Å². The molecule has 8 heteroatoms. The topological polar surface area (TPSA) is 102 Å². The Morgan fingerprint density at radius 1 is 1.12 bits per heavy atom. The summed E-state index contributed by atoms with van der Waals surface area (Å²) < 4.78 is 7.22. The van der Waals surface area contributed by atoms with Gasteiger partial charge in [-0.25, -0.2) is 4.79 Å². The van der Waals surface area contributed by atoms with Crippen LogP contribution in [-0.4, -0.2) is 50.7 Å². The van der Waals surface area contributed by atoms with Gasteiger partial charge in [0.2, 0.25) is 0 Å². The number of nitrogens with zero attached hydrogens (tertiary/aromatic N) is 4. The van der Waals surface area contributed by atoms with Gasteiger partial charge in [0.15, 0.2) is 11.5 Å². The first kappa shape index (κ1) is 18.7. The van der Waals surface area contributed by atoms with E-state index in [-0.39, 0.29) is 17.5 Å². The lowest BCUT2D eigenvalue weighted by Crippen LogP contribution is -2.30. The number of hydrogen-bond donors (Lipinski definition) is 2. The van der Waals surface area contributed by atoms with Gasteiger partial charge in [0.25, 0.3) is 0 Å². The van der Waals surface area contributed by atoms with Gasteiger partial charge in [0.05, 0.1) is 6.61 Å². The van der Waals surface area contributed by atoms with Crippen LogP contribution in [0, 0.1) is 0 Å². The second-order valence-electron chi connectivity index (χ2n) is 6.98. The number of likely N-dealkylation sites (tertiary alicyclic amines) is 1. The van der Waals surface area contributed by atoms with Gasteiger partial charge in [-0.2, -0.15) is 9.97 Å². The number of H-pyrrole nitrogens is 1. The smallest absolute Gasteiger partial charge is 0.327 e. The number of anilines is 1. The summed E-state index contributed by atoms with van der Waals surface area (Å²) in [5, 5.41) is 0. The normalized spacial score (nSPS) is 15.6. The second-order valence-corrected chi connectivity index (χ2v) is 6.98. The monoisotopic (exact) mass is 362 g/mol. The minimum atomic E-state index is -0.190. The third-order valence-corrected chi connectivity index (χ3v) is 4.91. The van der Waals surface area contributed by atoms with Gasteiger partial charge in [-0.05, 0) is 51.7 Å². The molecule has 0 aliphatic carbocycles. The third-order valence-electron chi connectivity index (χ3n) is 4.91. The zero-order valence-electron chi connectivity index (χ0n) is 15.7. The van der Waals surface area contributed by atoms with E-state index in [1.54, 1.807) is 4.57 Å². The van der Waals surface area contributed by atoms with Crippen LogP contribution in [0.1, 0.15) is 51.9 Å². The highest BCUT2D eigenvalue weighted by Crippen LogP contribution is 2.18. The molecular formula is C18H30N6O2. The van der Waals surface area contributed by atoms with Crippen LogP contribution in [0.5, 0.6) is 6.01 Å². The molecule has 1 aliphatic heterocycles. The Morgan fingerprint density at radius 2 is 1.88 bits per heavy atom. The predicted molar refractivity (Wildman–Crippen MR) is 102 cm³/mol. The Morgan fingerprint density at radius 3 is 2.65 bits per heavy atom. The first-order chi connectivity index (χ1) is 12.7. The first-order valence-corrected chi connectivity index (χ1v) is 9.80. The van der Waals surface area contributed by atoms with E-state index in [9.17, 15) is 4.79 Å². The summed E-state index contributed by atoms with van der Waals surface area (Å²) in [5.41, 5.74) is 6.81. The number of aromatic amines is 1. The van der Waals surface area contributed by atoms with Crippen molar-refractivity contribution >= 4 is 17.0 Å². The highest BCUT2D eigenvalue weighted by molar-refractivity contribution is 5.81. The van der Waals surface area contributed by atoms with E-state index in [1.807, 2.05) is 0 Å². The van der Waals surface area contributed by atoms with E-state index in [1.165, 1.54) is 32.4 Å². The first-order valence-electron chi connectivity index (χ1n) is 9.80. The number of aromatic nitrogens is 4. The fourth-order valence-electron chi connectivity index (χ4n) is 3.40. The molecule has 2 aromatic rings. The molecular weight excluding hydrogens is 332 g/mol. The van der Waals surface area contributed by atoms with Crippen molar-refractivity contribution in [3.63, 3.8) is 0 Å². The largest absolute Gasteiger partial charge is 0.463 e. The van der Waals surface area contributed by atoms with Crippen LogP contribution in [0.15, 0.2) is 4.79 Å². The van der Waals surface area contributed by atoms with E-state index in [0.29, 0.717) is 24.3 Å². The Labute approximate surface area is 153 Å². The lowest BCUT2D eigenvalue weighted by molar-refractivity contribution is 0.223. The molecule has 0 atom stereocenters.